The molecule has 0 heterocycles. The number of unbranched alkanes of at least 4 members (excludes halogenated alkanes) is 4. The maximum absolute atomic E-state index is 13.9. The van der Waals surface area contributed by atoms with Crippen molar-refractivity contribution in [2.24, 2.45) is 23.7 Å². The summed E-state index contributed by atoms with van der Waals surface area (Å²) in [6.07, 6.45) is 5.82. The summed E-state index contributed by atoms with van der Waals surface area (Å²) in [5.74, 6) is -11.6. The second-order valence-electron chi connectivity index (χ2n) is 9.29. The summed E-state index contributed by atoms with van der Waals surface area (Å²) in [4.78, 5) is 0. The van der Waals surface area contributed by atoms with Gasteiger partial charge in [0, 0.05) is 5.92 Å². The Bertz CT molecular complexity index is 470. The summed E-state index contributed by atoms with van der Waals surface area (Å²) in [7, 11) is 0. The molecule has 0 aromatic rings. The third kappa shape index (κ3) is 6.03. The van der Waals surface area contributed by atoms with Gasteiger partial charge in [0.2, 0.25) is 0 Å². The fourth-order valence-corrected chi connectivity index (χ4v) is 5.38. The average molecular weight is 433 g/mol. The molecular weight excluding hydrogens is 397 g/mol. The molecular formula is C22H35F7. The zero-order valence-electron chi connectivity index (χ0n) is 17.4. The molecule has 0 amide bonds. The second-order valence-corrected chi connectivity index (χ2v) is 9.29. The zero-order valence-corrected chi connectivity index (χ0v) is 17.4. The van der Waals surface area contributed by atoms with Gasteiger partial charge in [-0.25, -0.2) is 0 Å². The smallest absolute Gasteiger partial charge is 0.199 e. The van der Waals surface area contributed by atoms with Gasteiger partial charge in [-0.05, 0) is 56.3 Å². The highest BCUT2D eigenvalue weighted by atomic mass is 19.4. The fourth-order valence-electron chi connectivity index (χ4n) is 5.38. The number of hydrogen-bond acceptors (Lipinski definition) is 0. The van der Waals surface area contributed by atoms with Gasteiger partial charge in [-0.15, -0.1) is 0 Å². The van der Waals surface area contributed by atoms with Gasteiger partial charge in [0.1, 0.15) is 0 Å². The van der Waals surface area contributed by atoms with Crippen LogP contribution in [0, 0.1) is 23.7 Å². The number of halogens is 7. The van der Waals surface area contributed by atoms with E-state index in [0.717, 1.165) is 31.6 Å². The number of alkyl halides is 7. The van der Waals surface area contributed by atoms with Gasteiger partial charge in [-0.3, -0.25) is 0 Å². The van der Waals surface area contributed by atoms with Gasteiger partial charge in [-0.1, -0.05) is 58.3 Å². The number of hydrogen-bond donors (Lipinski definition) is 0. The summed E-state index contributed by atoms with van der Waals surface area (Å²) in [6, 6.07) is 0. The Morgan fingerprint density at radius 3 is 1.59 bits per heavy atom. The van der Waals surface area contributed by atoms with E-state index in [1.807, 2.05) is 0 Å². The molecule has 172 valence electrons. The summed E-state index contributed by atoms with van der Waals surface area (Å²) < 4.78 is 91.6. The molecule has 0 unspecified atom stereocenters. The van der Waals surface area contributed by atoms with Crippen molar-refractivity contribution >= 4 is 0 Å². The summed E-state index contributed by atoms with van der Waals surface area (Å²) >= 11 is 0. The van der Waals surface area contributed by atoms with Crippen LogP contribution in [0.3, 0.4) is 0 Å². The first-order valence-electron chi connectivity index (χ1n) is 11.3. The molecule has 7 heteroatoms. The minimum absolute atomic E-state index is 0.187. The van der Waals surface area contributed by atoms with Crippen molar-refractivity contribution in [2.75, 3.05) is 0 Å². The molecule has 0 nitrogen and oxygen atoms in total. The van der Waals surface area contributed by atoms with E-state index in [2.05, 4.69) is 6.92 Å². The van der Waals surface area contributed by atoms with E-state index in [1.165, 1.54) is 38.5 Å². The van der Waals surface area contributed by atoms with Crippen LogP contribution in [0.15, 0.2) is 0 Å². The first-order chi connectivity index (χ1) is 13.5. The van der Waals surface area contributed by atoms with E-state index in [9.17, 15) is 30.7 Å². The maximum Gasteiger partial charge on any atom is 0.459 e. The Kier molecular flexibility index (Phi) is 8.73. The van der Waals surface area contributed by atoms with Gasteiger partial charge in [-0.2, -0.15) is 30.7 Å². The minimum atomic E-state index is -6.22. The largest absolute Gasteiger partial charge is 0.459 e. The zero-order chi connectivity index (χ0) is 21.7. The molecule has 0 atom stereocenters. The summed E-state index contributed by atoms with van der Waals surface area (Å²) in [5, 5.41) is 0. The van der Waals surface area contributed by atoms with E-state index in [1.54, 1.807) is 0 Å². The molecule has 0 bridgehead atoms. The summed E-state index contributed by atoms with van der Waals surface area (Å²) in [5.41, 5.74) is 0. The SMILES string of the molecule is CCCCCCCC1CCC(C2CCC(C(F)(F)C(F)(F)C(F)(F)F)CC2)CC1. The third-order valence-corrected chi connectivity index (χ3v) is 7.33. The summed E-state index contributed by atoms with van der Waals surface area (Å²) in [6.45, 7) is 2.19. The molecule has 0 radical (unpaired) electrons. The van der Waals surface area contributed by atoms with Crippen LogP contribution in [0.25, 0.3) is 0 Å². The van der Waals surface area contributed by atoms with Gasteiger partial charge in [0.15, 0.2) is 0 Å². The predicted molar refractivity (Wildman–Crippen MR) is 100 cm³/mol. The minimum Gasteiger partial charge on any atom is -0.199 e. The van der Waals surface area contributed by atoms with Gasteiger partial charge in [0.05, 0.1) is 0 Å². The standard InChI is InChI=1S/C22H35F7/c1-2-3-4-5-6-7-16-8-10-17(11-9-16)18-12-14-19(15-13-18)20(23,24)21(25,26)22(27,28)29/h16-19H,2-15H2,1H3. The molecule has 2 rings (SSSR count). The predicted octanol–water partition coefficient (Wildman–Crippen LogP) is 8.79. The van der Waals surface area contributed by atoms with Crippen LogP contribution in [0.2, 0.25) is 0 Å². The lowest BCUT2D eigenvalue weighted by molar-refractivity contribution is -0.367. The Labute approximate surface area is 170 Å². The molecule has 0 aromatic carbocycles. The monoisotopic (exact) mass is 432 g/mol. The first kappa shape index (κ1) is 24.8. The molecule has 2 saturated carbocycles. The van der Waals surface area contributed by atoms with Crippen LogP contribution in [-0.2, 0) is 0 Å². The normalized spacial score (nSPS) is 29.8. The Morgan fingerprint density at radius 2 is 1.10 bits per heavy atom. The van der Waals surface area contributed by atoms with Crippen molar-refractivity contribution in [1.29, 1.82) is 0 Å². The molecule has 2 aliphatic carbocycles. The van der Waals surface area contributed by atoms with Crippen LogP contribution in [0.4, 0.5) is 30.7 Å². The Morgan fingerprint density at radius 1 is 0.621 bits per heavy atom. The highest BCUT2D eigenvalue weighted by molar-refractivity contribution is 4.97. The first-order valence-corrected chi connectivity index (χ1v) is 11.3. The maximum atomic E-state index is 13.9. The lowest BCUT2D eigenvalue weighted by Gasteiger charge is -2.41. The van der Waals surface area contributed by atoms with E-state index < -0.39 is 23.9 Å². The molecule has 29 heavy (non-hydrogen) atoms. The van der Waals surface area contributed by atoms with Gasteiger partial charge in [0.25, 0.3) is 0 Å². The van der Waals surface area contributed by atoms with Crippen LogP contribution in [-0.4, -0.2) is 18.0 Å². The highest BCUT2D eigenvalue weighted by Gasteiger charge is 2.74. The number of rotatable bonds is 9. The molecule has 0 N–H and O–H groups in total. The van der Waals surface area contributed by atoms with E-state index in [-0.39, 0.29) is 18.8 Å². The fraction of sp³-hybridized carbons (Fsp3) is 1.00. The van der Waals surface area contributed by atoms with Crippen molar-refractivity contribution < 1.29 is 30.7 Å². The lowest BCUT2D eigenvalue weighted by Crippen LogP contribution is -2.56. The van der Waals surface area contributed by atoms with E-state index >= 15 is 0 Å². The van der Waals surface area contributed by atoms with Crippen molar-refractivity contribution in [2.45, 2.75) is 115 Å². The topological polar surface area (TPSA) is 0 Å². The van der Waals surface area contributed by atoms with Crippen LogP contribution in [0.1, 0.15) is 96.8 Å². The van der Waals surface area contributed by atoms with Gasteiger partial charge >= 0.3 is 18.0 Å². The van der Waals surface area contributed by atoms with Crippen molar-refractivity contribution in [1.82, 2.24) is 0 Å². The molecule has 0 aliphatic heterocycles. The second kappa shape index (κ2) is 10.2. The molecule has 2 aliphatic rings. The molecule has 0 saturated heterocycles. The van der Waals surface area contributed by atoms with Crippen LogP contribution in [0.5, 0.6) is 0 Å². The quantitative estimate of drug-likeness (QED) is 0.252. The lowest BCUT2D eigenvalue weighted by atomic mass is 9.67. The van der Waals surface area contributed by atoms with E-state index in [0.29, 0.717) is 18.8 Å². The van der Waals surface area contributed by atoms with Crippen molar-refractivity contribution in [3.8, 4) is 0 Å². The van der Waals surface area contributed by atoms with Gasteiger partial charge < -0.3 is 0 Å². The molecule has 2 fully saturated rings. The molecule has 0 aromatic heterocycles. The third-order valence-electron chi connectivity index (χ3n) is 7.33. The molecule has 0 spiro atoms. The van der Waals surface area contributed by atoms with E-state index in [4.69, 9.17) is 0 Å². The highest BCUT2D eigenvalue weighted by Crippen LogP contribution is 2.54. The van der Waals surface area contributed by atoms with Crippen molar-refractivity contribution in [3.05, 3.63) is 0 Å². The Balaban J connectivity index is 1.75. The average Bonchev–Trinajstić information content (AvgIpc) is 2.67. The van der Waals surface area contributed by atoms with Crippen LogP contribution >= 0.6 is 0 Å². The van der Waals surface area contributed by atoms with Crippen molar-refractivity contribution in [3.63, 3.8) is 0 Å². The van der Waals surface area contributed by atoms with Crippen LogP contribution < -0.4 is 0 Å². The Hall–Kier alpha value is -0.490.